The van der Waals surface area contributed by atoms with E-state index in [4.69, 9.17) is 0 Å². The highest BCUT2D eigenvalue weighted by Crippen LogP contribution is 2.31. The molecule has 0 bridgehead atoms. The lowest BCUT2D eigenvalue weighted by molar-refractivity contribution is -0.384. The number of nitrogens with zero attached hydrogens (tertiary/aromatic N) is 2. The molecule has 2 rings (SSSR count). The number of nitro benzene ring substituents is 1. The van der Waals surface area contributed by atoms with Gasteiger partial charge >= 0.3 is 5.69 Å². The topological polar surface area (TPSA) is 75.5 Å². The summed E-state index contributed by atoms with van der Waals surface area (Å²) in [6.45, 7) is 5.63. The zero-order valence-corrected chi connectivity index (χ0v) is 12.6. The van der Waals surface area contributed by atoms with Crippen LogP contribution in [0.1, 0.15) is 30.6 Å². The number of likely N-dealkylation sites (tertiary alicyclic amines) is 1. The van der Waals surface area contributed by atoms with Crippen LogP contribution in [-0.4, -0.2) is 35.9 Å². The van der Waals surface area contributed by atoms with Crippen LogP contribution in [0.2, 0.25) is 0 Å². The third kappa shape index (κ3) is 2.99. The Hall–Kier alpha value is -2.11. The minimum Gasteiger partial charge on any atom is -0.383 e. The summed E-state index contributed by atoms with van der Waals surface area (Å²) < 4.78 is 0. The summed E-state index contributed by atoms with van der Waals surface area (Å²) in [6.07, 6.45) is 0.961. The highest BCUT2D eigenvalue weighted by molar-refractivity contribution is 6.00. The van der Waals surface area contributed by atoms with Crippen molar-refractivity contribution in [3.8, 4) is 0 Å². The average Bonchev–Trinajstić information content (AvgIpc) is 2.95. The minimum absolute atomic E-state index is 0.141. The van der Waals surface area contributed by atoms with Gasteiger partial charge < -0.3 is 10.2 Å². The van der Waals surface area contributed by atoms with Crippen LogP contribution in [-0.2, 0) is 0 Å². The van der Waals surface area contributed by atoms with Crippen molar-refractivity contribution >= 4 is 17.3 Å². The fraction of sp³-hybridized carbons (Fsp3) is 0.533. The second-order valence-electron chi connectivity index (χ2n) is 5.75. The highest BCUT2D eigenvalue weighted by Gasteiger charge is 2.32. The Morgan fingerprint density at radius 1 is 1.48 bits per heavy atom. The molecule has 1 aromatic carbocycles. The van der Waals surface area contributed by atoms with E-state index in [1.807, 2.05) is 0 Å². The van der Waals surface area contributed by atoms with E-state index in [1.54, 1.807) is 24.1 Å². The standard InChI is InChI=1S/C15H21N3O3/c1-10(2)11-7-8-17(9-11)15(19)12-5-4-6-13(16-3)14(12)18(20)21/h4-6,10-11,16H,7-9H2,1-3H3. The maximum absolute atomic E-state index is 12.6. The number of rotatable bonds is 4. The molecule has 1 fully saturated rings. The third-order valence-electron chi connectivity index (χ3n) is 4.17. The zero-order valence-electron chi connectivity index (χ0n) is 12.6. The number of hydrogen-bond donors (Lipinski definition) is 1. The molecule has 6 heteroatoms. The van der Waals surface area contributed by atoms with Crippen LogP contribution in [0.25, 0.3) is 0 Å². The third-order valence-corrected chi connectivity index (χ3v) is 4.17. The number of para-hydroxylation sites is 1. The van der Waals surface area contributed by atoms with Crippen molar-refractivity contribution < 1.29 is 9.72 Å². The Balaban J connectivity index is 2.30. The first kappa shape index (κ1) is 15.3. The van der Waals surface area contributed by atoms with Gasteiger partial charge in [0.25, 0.3) is 5.91 Å². The van der Waals surface area contributed by atoms with Crippen molar-refractivity contribution in [1.82, 2.24) is 4.90 Å². The molecule has 6 nitrogen and oxygen atoms in total. The normalized spacial score (nSPS) is 18.1. The zero-order chi connectivity index (χ0) is 15.6. The lowest BCUT2D eigenvalue weighted by atomic mass is 9.95. The van der Waals surface area contributed by atoms with Crippen LogP contribution < -0.4 is 5.32 Å². The average molecular weight is 291 g/mol. The van der Waals surface area contributed by atoms with Gasteiger partial charge in [-0.3, -0.25) is 14.9 Å². The van der Waals surface area contributed by atoms with E-state index in [1.165, 1.54) is 6.07 Å². The molecule has 0 aromatic heterocycles. The number of anilines is 1. The van der Waals surface area contributed by atoms with Gasteiger partial charge in [0.2, 0.25) is 0 Å². The Morgan fingerprint density at radius 2 is 2.19 bits per heavy atom. The molecule has 0 radical (unpaired) electrons. The molecule has 1 saturated heterocycles. The molecule has 1 unspecified atom stereocenters. The Bertz CT molecular complexity index is 557. The van der Waals surface area contributed by atoms with Gasteiger partial charge in [0.1, 0.15) is 11.3 Å². The SMILES string of the molecule is CNc1cccc(C(=O)N2CCC(C(C)C)C2)c1[N+](=O)[O-]. The van der Waals surface area contributed by atoms with E-state index in [0.29, 0.717) is 30.6 Å². The molecule has 1 aliphatic rings. The van der Waals surface area contributed by atoms with E-state index in [0.717, 1.165) is 6.42 Å². The number of amides is 1. The molecule has 0 aliphatic carbocycles. The summed E-state index contributed by atoms with van der Waals surface area (Å²) in [4.78, 5) is 25.1. The van der Waals surface area contributed by atoms with Crippen LogP contribution >= 0.6 is 0 Å². The van der Waals surface area contributed by atoms with Crippen LogP contribution in [0.15, 0.2) is 18.2 Å². The molecule has 1 atom stereocenters. The van der Waals surface area contributed by atoms with E-state index < -0.39 is 4.92 Å². The van der Waals surface area contributed by atoms with Crippen molar-refractivity contribution in [2.24, 2.45) is 11.8 Å². The van der Waals surface area contributed by atoms with Crippen molar-refractivity contribution in [2.75, 3.05) is 25.5 Å². The van der Waals surface area contributed by atoms with Gasteiger partial charge in [-0.2, -0.15) is 0 Å². The molecule has 1 amide bonds. The van der Waals surface area contributed by atoms with E-state index in [2.05, 4.69) is 19.2 Å². The second kappa shape index (κ2) is 6.11. The number of nitrogens with one attached hydrogen (secondary N) is 1. The number of carbonyl (C=O) groups is 1. The summed E-state index contributed by atoms with van der Waals surface area (Å²) in [5, 5.41) is 14.1. The van der Waals surface area contributed by atoms with Crippen LogP contribution in [0.5, 0.6) is 0 Å². The molecular weight excluding hydrogens is 270 g/mol. The number of benzene rings is 1. The first-order valence-electron chi connectivity index (χ1n) is 7.20. The predicted octanol–water partition coefficient (Wildman–Crippen LogP) is 2.75. The summed E-state index contributed by atoms with van der Waals surface area (Å²) in [7, 11) is 1.61. The van der Waals surface area contributed by atoms with Gasteiger partial charge in [-0.15, -0.1) is 0 Å². The Kier molecular flexibility index (Phi) is 4.45. The monoisotopic (exact) mass is 291 g/mol. The van der Waals surface area contributed by atoms with Gasteiger partial charge in [-0.05, 0) is 30.4 Å². The molecule has 0 saturated carbocycles. The summed E-state index contributed by atoms with van der Waals surface area (Å²) in [5.41, 5.74) is 0.389. The van der Waals surface area contributed by atoms with Gasteiger partial charge in [-0.1, -0.05) is 19.9 Å². The van der Waals surface area contributed by atoms with Crippen molar-refractivity contribution in [3.63, 3.8) is 0 Å². The van der Waals surface area contributed by atoms with Crippen LogP contribution in [0.3, 0.4) is 0 Å². The number of nitro groups is 1. The second-order valence-corrected chi connectivity index (χ2v) is 5.75. The fourth-order valence-corrected chi connectivity index (χ4v) is 2.80. The molecule has 21 heavy (non-hydrogen) atoms. The van der Waals surface area contributed by atoms with E-state index in [9.17, 15) is 14.9 Å². The van der Waals surface area contributed by atoms with Crippen molar-refractivity contribution in [3.05, 3.63) is 33.9 Å². The molecule has 1 aliphatic heterocycles. The molecular formula is C15H21N3O3. The van der Waals surface area contributed by atoms with Gasteiger partial charge in [0.15, 0.2) is 0 Å². The largest absolute Gasteiger partial charge is 0.383 e. The molecule has 1 N–H and O–H groups in total. The molecule has 114 valence electrons. The quantitative estimate of drug-likeness (QED) is 0.683. The highest BCUT2D eigenvalue weighted by atomic mass is 16.6. The van der Waals surface area contributed by atoms with Crippen molar-refractivity contribution in [2.45, 2.75) is 20.3 Å². The summed E-state index contributed by atoms with van der Waals surface area (Å²) in [5.74, 6) is 0.740. The van der Waals surface area contributed by atoms with Crippen LogP contribution in [0.4, 0.5) is 11.4 Å². The summed E-state index contributed by atoms with van der Waals surface area (Å²) in [6, 6.07) is 4.81. The molecule has 1 aromatic rings. The van der Waals surface area contributed by atoms with Crippen LogP contribution in [0, 0.1) is 22.0 Å². The predicted molar refractivity (Wildman–Crippen MR) is 81.5 cm³/mol. The first-order valence-corrected chi connectivity index (χ1v) is 7.20. The maximum Gasteiger partial charge on any atom is 0.305 e. The first-order chi connectivity index (χ1) is 9.95. The smallest absolute Gasteiger partial charge is 0.305 e. The van der Waals surface area contributed by atoms with E-state index >= 15 is 0 Å². The lowest BCUT2D eigenvalue weighted by Gasteiger charge is -2.18. The molecule has 1 heterocycles. The fourth-order valence-electron chi connectivity index (χ4n) is 2.80. The minimum atomic E-state index is -0.491. The van der Waals surface area contributed by atoms with Gasteiger partial charge in [0.05, 0.1) is 4.92 Å². The summed E-state index contributed by atoms with van der Waals surface area (Å²) >= 11 is 0. The lowest BCUT2D eigenvalue weighted by Crippen LogP contribution is -2.30. The van der Waals surface area contributed by atoms with E-state index in [-0.39, 0.29) is 17.2 Å². The molecule has 0 spiro atoms. The Morgan fingerprint density at radius 3 is 2.71 bits per heavy atom. The Labute approximate surface area is 124 Å². The van der Waals surface area contributed by atoms with Crippen molar-refractivity contribution in [1.29, 1.82) is 0 Å². The van der Waals surface area contributed by atoms with Gasteiger partial charge in [-0.25, -0.2) is 0 Å². The number of carbonyl (C=O) groups excluding carboxylic acids is 1. The van der Waals surface area contributed by atoms with Gasteiger partial charge in [0, 0.05) is 20.1 Å². The maximum atomic E-state index is 12.6. The number of hydrogen-bond acceptors (Lipinski definition) is 4.